The Hall–Kier alpha value is -2.82. The number of para-hydroxylation sites is 1. The van der Waals surface area contributed by atoms with Gasteiger partial charge < -0.3 is 14.7 Å². The average Bonchev–Trinajstić information content (AvgIpc) is 3.31. The van der Waals surface area contributed by atoms with Gasteiger partial charge in [0.15, 0.2) is 6.61 Å². The highest BCUT2D eigenvalue weighted by atomic mass is 16.5. The van der Waals surface area contributed by atoms with Gasteiger partial charge in [0.1, 0.15) is 5.75 Å². The maximum absolute atomic E-state index is 13.2. The molecule has 1 heterocycles. The van der Waals surface area contributed by atoms with Crippen LogP contribution in [0.3, 0.4) is 0 Å². The first kappa shape index (κ1) is 16.6. The number of carboxylic acids is 1. The number of hydrogen-bond acceptors (Lipinski definition) is 3. The van der Waals surface area contributed by atoms with E-state index in [-0.39, 0.29) is 11.3 Å². The molecule has 2 aromatic carbocycles. The molecular weight excluding hydrogens is 330 g/mol. The van der Waals surface area contributed by atoms with E-state index in [2.05, 4.69) is 6.07 Å². The van der Waals surface area contributed by atoms with Crippen LogP contribution in [-0.4, -0.2) is 30.1 Å². The van der Waals surface area contributed by atoms with Crippen molar-refractivity contribution in [3.8, 4) is 5.75 Å². The molecule has 1 amide bonds. The van der Waals surface area contributed by atoms with Gasteiger partial charge in [0.25, 0.3) is 5.91 Å². The molecule has 134 valence electrons. The highest BCUT2D eigenvalue weighted by Crippen LogP contribution is 2.56. The Kier molecular flexibility index (Phi) is 3.75. The molecule has 1 saturated carbocycles. The number of rotatable bonds is 4. The van der Waals surface area contributed by atoms with Crippen molar-refractivity contribution < 1.29 is 19.4 Å². The summed E-state index contributed by atoms with van der Waals surface area (Å²) in [7, 11) is 0. The van der Waals surface area contributed by atoms with Crippen LogP contribution in [0.5, 0.6) is 5.75 Å². The number of hydrogen-bond donors (Lipinski definition) is 1. The smallest absolute Gasteiger partial charge is 0.341 e. The van der Waals surface area contributed by atoms with E-state index in [1.54, 1.807) is 12.1 Å². The van der Waals surface area contributed by atoms with Crippen LogP contribution >= 0.6 is 0 Å². The highest BCUT2D eigenvalue weighted by molar-refractivity contribution is 6.08. The van der Waals surface area contributed by atoms with Gasteiger partial charge in [0, 0.05) is 23.2 Å². The Morgan fingerprint density at radius 1 is 1.15 bits per heavy atom. The van der Waals surface area contributed by atoms with Crippen molar-refractivity contribution in [2.45, 2.75) is 32.1 Å². The molecule has 1 spiro atoms. The number of fused-ring (bicyclic) bond motifs is 2. The largest absolute Gasteiger partial charge is 0.481 e. The lowest BCUT2D eigenvalue weighted by Gasteiger charge is -2.19. The fourth-order valence-electron chi connectivity index (χ4n) is 3.98. The number of amides is 1. The quantitative estimate of drug-likeness (QED) is 0.916. The predicted molar refractivity (Wildman–Crippen MR) is 98.1 cm³/mol. The van der Waals surface area contributed by atoms with Crippen molar-refractivity contribution in [2.75, 3.05) is 18.1 Å². The molecular formula is C21H21NO4. The van der Waals surface area contributed by atoms with Gasteiger partial charge in [-0.1, -0.05) is 18.2 Å². The minimum Gasteiger partial charge on any atom is -0.481 e. The van der Waals surface area contributed by atoms with Crippen LogP contribution in [0, 0.1) is 13.8 Å². The number of benzene rings is 2. The number of aryl methyl sites for hydroxylation is 2. The number of aliphatic carboxylic acids is 1. The van der Waals surface area contributed by atoms with Crippen molar-refractivity contribution in [1.82, 2.24) is 0 Å². The fraction of sp³-hybridized carbons (Fsp3) is 0.333. The first-order valence-corrected chi connectivity index (χ1v) is 8.78. The third-order valence-corrected chi connectivity index (χ3v) is 5.37. The average molecular weight is 351 g/mol. The first-order chi connectivity index (χ1) is 12.4. The lowest BCUT2D eigenvalue weighted by atomic mass is 9.99. The summed E-state index contributed by atoms with van der Waals surface area (Å²) in [5, 5.41) is 8.81. The van der Waals surface area contributed by atoms with E-state index in [4.69, 9.17) is 9.84 Å². The van der Waals surface area contributed by atoms with Crippen LogP contribution in [0.25, 0.3) is 0 Å². The number of ether oxygens (including phenoxy) is 1. The molecule has 2 aromatic rings. The van der Waals surface area contributed by atoms with Crippen molar-refractivity contribution in [1.29, 1.82) is 0 Å². The van der Waals surface area contributed by atoms with Gasteiger partial charge in [-0.15, -0.1) is 0 Å². The van der Waals surface area contributed by atoms with Gasteiger partial charge in [-0.2, -0.15) is 0 Å². The van der Waals surface area contributed by atoms with Crippen LogP contribution in [0.1, 0.15) is 39.9 Å². The highest BCUT2D eigenvalue weighted by Gasteiger charge is 2.52. The molecule has 5 nitrogen and oxygen atoms in total. The Labute approximate surface area is 152 Å². The summed E-state index contributed by atoms with van der Waals surface area (Å²) < 4.78 is 5.36. The summed E-state index contributed by atoms with van der Waals surface area (Å²) in [6, 6.07) is 11.7. The van der Waals surface area contributed by atoms with E-state index in [1.807, 2.05) is 36.9 Å². The molecule has 2 aliphatic rings. The van der Waals surface area contributed by atoms with Crippen molar-refractivity contribution >= 4 is 17.6 Å². The number of carboxylic acid groups (broad SMARTS) is 1. The second kappa shape index (κ2) is 5.87. The van der Waals surface area contributed by atoms with E-state index < -0.39 is 12.6 Å². The number of nitrogens with zero attached hydrogens (tertiary/aromatic N) is 1. The van der Waals surface area contributed by atoms with Crippen LogP contribution in [-0.2, 0) is 10.2 Å². The normalized spacial score (nSPS) is 16.5. The van der Waals surface area contributed by atoms with Crippen LogP contribution in [0.2, 0.25) is 0 Å². The summed E-state index contributed by atoms with van der Waals surface area (Å²) in [6.45, 7) is 4.01. The minimum absolute atomic E-state index is 0.0165. The van der Waals surface area contributed by atoms with Gasteiger partial charge in [0.05, 0.1) is 0 Å². The van der Waals surface area contributed by atoms with Gasteiger partial charge >= 0.3 is 5.97 Å². The topological polar surface area (TPSA) is 66.8 Å². The summed E-state index contributed by atoms with van der Waals surface area (Å²) >= 11 is 0. The lowest BCUT2D eigenvalue weighted by Crippen LogP contribution is -2.31. The predicted octanol–water partition coefficient (Wildman–Crippen LogP) is 3.46. The molecule has 5 heteroatoms. The molecule has 1 aliphatic carbocycles. The summed E-state index contributed by atoms with van der Waals surface area (Å²) in [5.41, 5.74) is 4.59. The lowest BCUT2D eigenvalue weighted by molar-refractivity contribution is -0.139. The zero-order valence-corrected chi connectivity index (χ0v) is 14.9. The standard InChI is InChI=1S/C21H21NO4/c1-13-9-15(10-14(2)19(13)26-11-18(23)24)20(25)22-12-21(7-8-21)16-5-3-4-6-17(16)22/h3-6,9-10H,7-8,11-12H2,1-2H3,(H,23,24). The second-order valence-electron chi connectivity index (χ2n) is 7.31. The fourth-order valence-corrected chi connectivity index (χ4v) is 3.98. The molecule has 0 saturated heterocycles. The number of carbonyl (C=O) groups excluding carboxylic acids is 1. The molecule has 0 aromatic heterocycles. The minimum atomic E-state index is -1.02. The molecule has 0 atom stereocenters. The third-order valence-electron chi connectivity index (χ3n) is 5.37. The molecule has 4 rings (SSSR count). The number of anilines is 1. The first-order valence-electron chi connectivity index (χ1n) is 8.78. The Morgan fingerprint density at radius 3 is 2.42 bits per heavy atom. The van der Waals surface area contributed by atoms with Crippen LogP contribution in [0.4, 0.5) is 5.69 Å². The third kappa shape index (κ3) is 2.64. The van der Waals surface area contributed by atoms with Crippen molar-refractivity contribution in [2.24, 2.45) is 0 Å². The van der Waals surface area contributed by atoms with E-state index >= 15 is 0 Å². The van der Waals surface area contributed by atoms with Gasteiger partial charge in [-0.3, -0.25) is 4.79 Å². The van der Waals surface area contributed by atoms with E-state index in [9.17, 15) is 9.59 Å². The molecule has 1 fully saturated rings. The molecule has 0 bridgehead atoms. The van der Waals surface area contributed by atoms with Gasteiger partial charge in [-0.25, -0.2) is 4.79 Å². The van der Waals surface area contributed by atoms with Crippen LogP contribution in [0.15, 0.2) is 36.4 Å². The zero-order valence-electron chi connectivity index (χ0n) is 14.9. The van der Waals surface area contributed by atoms with Crippen molar-refractivity contribution in [3.05, 3.63) is 58.7 Å². The molecule has 1 aliphatic heterocycles. The number of carbonyl (C=O) groups is 2. The maximum Gasteiger partial charge on any atom is 0.341 e. The monoisotopic (exact) mass is 351 g/mol. The van der Waals surface area contributed by atoms with Gasteiger partial charge in [0.2, 0.25) is 0 Å². The summed E-state index contributed by atoms with van der Waals surface area (Å²) in [4.78, 5) is 25.8. The van der Waals surface area contributed by atoms with Crippen molar-refractivity contribution in [3.63, 3.8) is 0 Å². The molecule has 0 unspecified atom stereocenters. The zero-order chi connectivity index (χ0) is 18.5. The Bertz CT molecular complexity index is 891. The molecule has 26 heavy (non-hydrogen) atoms. The van der Waals surface area contributed by atoms with E-state index in [1.165, 1.54) is 5.56 Å². The Morgan fingerprint density at radius 2 is 1.81 bits per heavy atom. The SMILES string of the molecule is Cc1cc(C(=O)N2CC3(CC3)c3ccccc32)cc(C)c1OCC(=O)O. The van der Waals surface area contributed by atoms with E-state index in [0.717, 1.165) is 36.2 Å². The summed E-state index contributed by atoms with van der Waals surface area (Å²) in [6.07, 6.45) is 2.27. The Balaban J connectivity index is 1.64. The summed E-state index contributed by atoms with van der Waals surface area (Å²) in [5.74, 6) is -0.506. The molecule has 0 radical (unpaired) electrons. The second-order valence-corrected chi connectivity index (χ2v) is 7.31. The van der Waals surface area contributed by atoms with Gasteiger partial charge in [-0.05, 0) is 61.6 Å². The maximum atomic E-state index is 13.2. The van der Waals surface area contributed by atoms with E-state index in [0.29, 0.717) is 11.3 Å². The molecule has 1 N–H and O–H groups in total. The van der Waals surface area contributed by atoms with Crippen LogP contribution < -0.4 is 9.64 Å².